The molecule has 92 valence electrons. The van der Waals surface area contributed by atoms with Crippen LogP contribution < -0.4 is 5.73 Å². The molecule has 1 rings (SSSR count). The molecule has 3 nitrogen and oxygen atoms in total. The molecule has 0 aliphatic rings. The summed E-state index contributed by atoms with van der Waals surface area (Å²) in [5, 5.41) is 0.538. The van der Waals surface area contributed by atoms with E-state index in [4.69, 9.17) is 17.3 Å². The fourth-order valence-electron chi connectivity index (χ4n) is 1.20. The van der Waals surface area contributed by atoms with Gasteiger partial charge in [0.05, 0.1) is 10.6 Å². The molecule has 6 heteroatoms. The molecule has 0 amide bonds. The standard InChI is InChI=1S/C10H14ClNO2S.ClH/c11-9-3-5-10(6-4-9)15(13,14)8-2-1-7-12;/h3-6H,1-2,7-8,12H2;1H. The summed E-state index contributed by atoms with van der Waals surface area (Å²) in [5.74, 6) is 0.145. The normalized spacial score (nSPS) is 10.9. The first kappa shape index (κ1) is 15.7. The number of sulfone groups is 1. The highest BCUT2D eigenvalue weighted by Crippen LogP contribution is 2.16. The Morgan fingerprint density at radius 2 is 1.69 bits per heavy atom. The highest BCUT2D eigenvalue weighted by molar-refractivity contribution is 7.91. The molecule has 0 aromatic heterocycles. The van der Waals surface area contributed by atoms with E-state index in [1.54, 1.807) is 12.1 Å². The molecule has 0 spiro atoms. The lowest BCUT2D eigenvalue weighted by atomic mass is 10.3. The zero-order chi connectivity index (χ0) is 11.3. The lowest BCUT2D eigenvalue weighted by Gasteiger charge is -2.03. The summed E-state index contributed by atoms with van der Waals surface area (Å²) < 4.78 is 23.5. The molecule has 16 heavy (non-hydrogen) atoms. The molecule has 0 bridgehead atoms. The highest BCUT2D eigenvalue weighted by atomic mass is 35.5. The third kappa shape index (κ3) is 4.70. The Bertz CT molecular complexity index is 403. The number of hydrogen-bond donors (Lipinski definition) is 1. The van der Waals surface area contributed by atoms with E-state index in [0.717, 1.165) is 6.42 Å². The highest BCUT2D eigenvalue weighted by Gasteiger charge is 2.12. The zero-order valence-corrected chi connectivity index (χ0v) is 11.1. The minimum Gasteiger partial charge on any atom is -0.330 e. The van der Waals surface area contributed by atoms with Gasteiger partial charge in [0.25, 0.3) is 0 Å². The molecule has 0 aliphatic carbocycles. The molecule has 0 aliphatic heterocycles. The summed E-state index contributed by atoms with van der Waals surface area (Å²) in [4.78, 5) is 0.323. The van der Waals surface area contributed by atoms with Crippen LogP contribution in [0.2, 0.25) is 5.02 Å². The smallest absolute Gasteiger partial charge is 0.178 e. The van der Waals surface area contributed by atoms with Gasteiger partial charge in [0.1, 0.15) is 0 Å². The average molecular weight is 284 g/mol. The van der Waals surface area contributed by atoms with Gasteiger partial charge in [-0.2, -0.15) is 0 Å². The van der Waals surface area contributed by atoms with Crippen molar-refractivity contribution < 1.29 is 8.42 Å². The van der Waals surface area contributed by atoms with Crippen LogP contribution >= 0.6 is 24.0 Å². The zero-order valence-electron chi connectivity index (χ0n) is 8.73. The van der Waals surface area contributed by atoms with Gasteiger partial charge in [0.2, 0.25) is 0 Å². The Morgan fingerprint density at radius 3 is 2.19 bits per heavy atom. The number of benzene rings is 1. The first-order valence-electron chi connectivity index (χ1n) is 4.74. The van der Waals surface area contributed by atoms with Crippen LogP contribution in [0.4, 0.5) is 0 Å². The third-order valence-corrected chi connectivity index (χ3v) is 4.11. The summed E-state index contributed by atoms with van der Waals surface area (Å²) in [6, 6.07) is 6.22. The SMILES string of the molecule is Cl.NCCCCS(=O)(=O)c1ccc(Cl)cc1. The van der Waals surface area contributed by atoms with Crippen molar-refractivity contribution in [2.24, 2.45) is 5.73 Å². The lowest BCUT2D eigenvalue weighted by Crippen LogP contribution is -2.08. The van der Waals surface area contributed by atoms with E-state index in [1.807, 2.05) is 0 Å². The fraction of sp³-hybridized carbons (Fsp3) is 0.400. The Kier molecular flexibility index (Phi) is 6.99. The van der Waals surface area contributed by atoms with Gasteiger partial charge in [0, 0.05) is 5.02 Å². The van der Waals surface area contributed by atoms with E-state index in [-0.39, 0.29) is 18.2 Å². The summed E-state index contributed by atoms with van der Waals surface area (Å²) in [6.45, 7) is 0.524. The Hall–Kier alpha value is -0.290. The second-order valence-corrected chi connectivity index (χ2v) is 5.81. The molecule has 1 aromatic carbocycles. The lowest BCUT2D eigenvalue weighted by molar-refractivity contribution is 0.592. The topological polar surface area (TPSA) is 60.2 Å². The average Bonchev–Trinajstić information content (AvgIpc) is 2.18. The van der Waals surface area contributed by atoms with E-state index in [0.29, 0.717) is 22.9 Å². The van der Waals surface area contributed by atoms with Crippen molar-refractivity contribution in [1.82, 2.24) is 0 Å². The molecule has 0 unspecified atom stereocenters. The van der Waals surface area contributed by atoms with Gasteiger partial charge >= 0.3 is 0 Å². The van der Waals surface area contributed by atoms with Crippen LogP contribution in [-0.4, -0.2) is 20.7 Å². The van der Waals surface area contributed by atoms with Crippen molar-refractivity contribution in [1.29, 1.82) is 0 Å². The van der Waals surface area contributed by atoms with Gasteiger partial charge in [-0.3, -0.25) is 0 Å². The van der Waals surface area contributed by atoms with Gasteiger partial charge in [0.15, 0.2) is 9.84 Å². The van der Waals surface area contributed by atoms with Crippen LogP contribution in [-0.2, 0) is 9.84 Å². The fourth-order valence-corrected chi connectivity index (χ4v) is 2.69. The minimum absolute atomic E-state index is 0. The van der Waals surface area contributed by atoms with Crippen molar-refractivity contribution in [3.8, 4) is 0 Å². The number of rotatable bonds is 5. The van der Waals surface area contributed by atoms with Crippen LogP contribution in [0, 0.1) is 0 Å². The second-order valence-electron chi connectivity index (χ2n) is 3.27. The van der Waals surface area contributed by atoms with Crippen molar-refractivity contribution in [3.05, 3.63) is 29.3 Å². The molecule has 0 radical (unpaired) electrons. The molecule has 0 fully saturated rings. The van der Waals surface area contributed by atoms with Gasteiger partial charge in [-0.15, -0.1) is 12.4 Å². The Balaban J connectivity index is 0.00000225. The van der Waals surface area contributed by atoms with Gasteiger partial charge in [-0.05, 0) is 43.7 Å². The molecule has 0 heterocycles. The minimum atomic E-state index is -3.16. The number of hydrogen-bond acceptors (Lipinski definition) is 3. The first-order valence-corrected chi connectivity index (χ1v) is 6.77. The van der Waals surface area contributed by atoms with Crippen molar-refractivity contribution in [2.75, 3.05) is 12.3 Å². The molecule has 2 N–H and O–H groups in total. The van der Waals surface area contributed by atoms with E-state index < -0.39 is 9.84 Å². The van der Waals surface area contributed by atoms with Crippen LogP contribution in [0.25, 0.3) is 0 Å². The van der Waals surface area contributed by atoms with Gasteiger partial charge in [-0.1, -0.05) is 11.6 Å². The summed E-state index contributed by atoms with van der Waals surface area (Å²) in [7, 11) is -3.16. The maximum Gasteiger partial charge on any atom is 0.178 e. The van der Waals surface area contributed by atoms with Crippen molar-refractivity contribution in [2.45, 2.75) is 17.7 Å². The summed E-state index contributed by atoms with van der Waals surface area (Å²) >= 11 is 5.68. The second kappa shape index (κ2) is 7.12. The van der Waals surface area contributed by atoms with Crippen LogP contribution in [0.5, 0.6) is 0 Å². The van der Waals surface area contributed by atoms with Gasteiger partial charge < -0.3 is 5.73 Å². The molecule has 0 saturated carbocycles. The van der Waals surface area contributed by atoms with Crippen molar-refractivity contribution >= 4 is 33.8 Å². The Morgan fingerprint density at radius 1 is 1.12 bits per heavy atom. The first-order chi connectivity index (χ1) is 7.06. The Labute approximate surface area is 107 Å². The quantitative estimate of drug-likeness (QED) is 0.844. The monoisotopic (exact) mass is 283 g/mol. The number of unbranched alkanes of at least 4 members (excludes halogenated alkanes) is 1. The van der Waals surface area contributed by atoms with Crippen LogP contribution in [0.1, 0.15) is 12.8 Å². The molecule has 0 atom stereocenters. The predicted octanol–water partition coefficient (Wildman–Crippen LogP) is 2.27. The third-order valence-electron chi connectivity index (χ3n) is 2.04. The summed E-state index contributed by atoms with van der Waals surface area (Å²) in [5.41, 5.74) is 5.30. The predicted molar refractivity (Wildman–Crippen MR) is 69.0 cm³/mol. The molecular weight excluding hydrogens is 269 g/mol. The molecule has 1 aromatic rings. The number of nitrogens with two attached hydrogens (primary N) is 1. The molecular formula is C10H15Cl2NO2S. The van der Waals surface area contributed by atoms with E-state index in [9.17, 15) is 8.42 Å². The maximum atomic E-state index is 11.7. The van der Waals surface area contributed by atoms with Crippen molar-refractivity contribution in [3.63, 3.8) is 0 Å². The van der Waals surface area contributed by atoms with Gasteiger partial charge in [-0.25, -0.2) is 8.42 Å². The van der Waals surface area contributed by atoms with E-state index in [1.165, 1.54) is 12.1 Å². The van der Waals surface area contributed by atoms with Crippen LogP contribution in [0.15, 0.2) is 29.2 Å². The molecule has 0 saturated heterocycles. The summed E-state index contributed by atoms with van der Waals surface area (Å²) in [6.07, 6.45) is 1.33. The largest absolute Gasteiger partial charge is 0.330 e. The van der Waals surface area contributed by atoms with E-state index >= 15 is 0 Å². The van der Waals surface area contributed by atoms with Crippen LogP contribution in [0.3, 0.4) is 0 Å². The van der Waals surface area contributed by atoms with E-state index in [2.05, 4.69) is 0 Å². The maximum absolute atomic E-state index is 11.7. The number of halogens is 2.